The fourth-order valence-corrected chi connectivity index (χ4v) is 9.61. The topological polar surface area (TPSA) is 0 Å². The summed E-state index contributed by atoms with van der Waals surface area (Å²) >= 11 is 7.37. The van der Waals surface area contributed by atoms with Crippen LogP contribution in [0.4, 0.5) is 4.39 Å². The van der Waals surface area contributed by atoms with E-state index in [1.54, 1.807) is 6.07 Å². The lowest BCUT2D eigenvalue weighted by atomic mass is 9.63. The van der Waals surface area contributed by atoms with Gasteiger partial charge in [0.1, 0.15) is 5.82 Å². The molecule has 4 saturated carbocycles. The second-order valence-corrected chi connectivity index (χ2v) is 13.5. The molecule has 0 heterocycles. The summed E-state index contributed by atoms with van der Waals surface area (Å²) < 4.78 is 14.8. The SMILES string of the molecule is CC(C)[C@@H]1CCC[C@@]2(c3cccc(C(C)(C)[C@@H]4CCC[C@@]5(c6ccccc6F)CC45)c3Cl)CC12. The molecule has 0 nitrogen and oxygen atoms in total. The van der Waals surface area contributed by atoms with E-state index in [0.717, 1.165) is 41.2 Å². The number of benzene rings is 2. The molecule has 4 aliphatic rings. The molecule has 0 aromatic heterocycles. The van der Waals surface area contributed by atoms with Crippen LogP contribution in [0.25, 0.3) is 0 Å². The summed E-state index contributed by atoms with van der Waals surface area (Å²) in [6, 6.07) is 14.4. The van der Waals surface area contributed by atoms with Crippen molar-refractivity contribution in [2.24, 2.45) is 29.6 Å². The van der Waals surface area contributed by atoms with Gasteiger partial charge in [0.25, 0.3) is 0 Å². The Morgan fingerprint density at radius 3 is 2.26 bits per heavy atom. The lowest BCUT2D eigenvalue weighted by Crippen LogP contribution is -2.36. The molecule has 6 atom stereocenters. The van der Waals surface area contributed by atoms with E-state index in [1.165, 1.54) is 49.7 Å². The smallest absolute Gasteiger partial charge is 0.126 e. The van der Waals surface area contributed by atoms with Crippen LogP contribution in [-0.2, 0) is 16.2 Å². The fourth-order valence-electron chi connectivity index (χ4n) is 9.05. The highest BCUT2D eigenvalue weighted by Gasteiger charge is 2.64. The third kappa shape index (κ3) is 3.21. The third-order valence-corrected chi connectivity index (χ3v) is 11.4. The van der Waals surface area contributed by atoms with E-state index in [-0.39, 0.29) is 16.6 Å². The van der Waals surface area contributed by atoms with Gasteiger partial charge in [0, 0.05) is 15.9 Å². The second kappa shape index (κ2) is 7.83. The zero-order valence-corrected chi connectivity index (χ0v) is 22.1. The van der Waals surface area contributed by atoms with Crippen molar-refractivity contribution >= 4 is 11.6 Å². The van der Waals surface area contributed by atoms with Gasteiger partial charge >= 0.3 is 0 Å². The lowest BCUT2D eigenvalue weighted by Gasteiger charge is -2.41. The van der Waals surface area contributed by atoms with Gasteiger partial charge in [-0.3, -0.25) is 0 Å². The number of hydrogen-bond acceptors (Lipinski definition) is 0. The van der Waals surface area contributed by atoms with Crippen LogP contribution < -0.4 is 0 Å². The Bertz CT molecular complexity index is 1100. The number of rotatable bonds is 5. The summed E-state index contributed by atoms with van der Waals surface area (Å²) in [7, 11) is 0. The van der Waals surface area contributed by atoms with Crippen LogP contribution in [0.3, 0.4) is 0 Å². The zero-order chi connectivity index (χ0) is 23.9. The van der Waals surface area contributed by atoms with E-state index in [4.69, 9.17) is 11.6 Å². The number of fused-ring (bicyclic) bond motifs is 2. The molecule has 0 aliphatic heterocycles. The van der Waals surface area contributed by atoms with Crippen LogP contribution in [0.5, 0.6) is 0 Å². The zero-order valence-electron chi connectivity index (χ0n) is 21.3. The minimum Gasteiger partial charge on any atom is -0.207 e. The average Bonchev–Trinajstić information content (AvgIpc) is 3.71. The maximum absolute atomic E-state index is 14.8. The van der Waals surface area contributed by atoms with Crippen molar-refractivity contribution in [3.63, 3.8) is 0 Å². The molecule has 0 saturated heterocycles. The van der Waals surface area contributed by atoms with Gasteiger partial charge in [-0.2, -0.15) is 0 Å². The van der Waals surface area contributed by atoms with Crippen molar-refractivity contribution in [2.75, 3.05) is 0 Å². The molecular formula is C32H40ClF. The first-order valence-electron chi connectivity index (χ1n) is 13.8. The Morgan fingerprint density at radius 1 is 0.882 bits per heavy atom. The molecular weight excluding hydrogens is 439 g/mol. The van der Waals surface area contributed by atoms with Gasteiger partial charge in [-0.15, -0.1) is 0 Å². The minimum absolute atomic E-state index is 0.0145. The largest absolute Gasteiger partial charge is 0.207 e. The third-order valence-electron chi connectivity index (χ3n) is 11.0. The van der Waals surface area contributed by atoms with Crippen LogP contribution in [0.1, 0.15) is 95.8 Å². The predicted molar refractivity (Wildman–Crippen MR) is 140 cm³/mol. The first kappa shape index (κ1) is 23.1. The molecule has 182 valence electrons. The Labute approximate surface area is 210 Å². The molecule has 2 heteroatoms. The molecule has 2 aromatic carbocycles. The molecule has 34 heavy (non-hydrogen) atoms. The van der Waals surface area contributed by atoms with Crippen molar-refractivity contribution in [1.29, 1.82) is 0 Å². The number of halogens is 2. The normalized spacial score (nSPS) is 36.7. The predicted octanol–water partition coefficient (Wildman–Crippen LogP) is 9.23. The molecule has 4 fully saturated rings. The van der Waals surface area contributed by atoms with Crippen molar-refractivity contribution in [1.82, 2.24) is 0 Å². The second-order valence-electron chi connectivity index (χ2n) is 13.1. The Kier molecular flexibility index (Phi) is 5.31. The van der Waals surface area contributed by atoms with Gasteiger partial charge in [0.2, 0.25) is 0 Å². The first-order chi connectivity index (χ1) is 16.2. The molecule has 0 bridgehead atoms. The molecule has 0 radical (unpaired) electrons. The lowest BCUT2D eigenvalue weighted by molar-refractivity contribution is 0.203. The Balaban J connectivity index is 1.33. The number of hydrogen-bond donors (Lipinski definition) is 0. The van der Waals surface area contributed by atoms with Gasteiger partial charge in [0.15, 0.2) is 0 Å². The van der Waals surface area contributed by atoms with Crippen molar-refractivity contribution in [2.45, 2.75) is 95.3 Å². The van der Waals surface area contributed by atoms with Gasteiger partial charge in [-0.25, -0.2) is 4.39 Å². The van der Waals surface area contributed by atoms with E-state index >= 15 is 0 Å². The Hall–Kier alpha value is -1.34. The van der Waals surface area contributed by atoms with E-state index in [9.17, 15) is 4.39 Å². The van der Waals surface area contributed by atoms with Gasteiger partial charge < -0.3 is 0 Å². The van der Waals surface area contributed by atoms with Crippen molar-refractivity contribution in [3.8, 4) is 0 Å². The van der Waals surface area contributed by atoms with E-state index in [1.807, 2.05) is 18.2 Å². The summed E-state index contributed by atoms with van der Waals surface area (Å²) in [5.74, 6) is 3.49. The summed E-state index contributed by atoms with van der Waals surface area (Å²) in [6.45, 7) is 9.64. The molecule has 0 N–H and O–H groups in total. The van der Waals surface area contributed by atoms with Crippen LogP contribution in [0.15, 0.2) is 42.5 Å². The van der Waals surface area contributed by atoms with Crippen LogP contribution in [-0.4, -0.2) is 0 Å². The molecule has 0 spiro atoms. The summed E-state index contributed by atoms with van der Waals surface area (Å²) in [6.07, 6.45) is 9.99. The quantitative estimate of drug-likeness (QED) is 0.401. The Morgan fingerprint density at radius 2 is 1.53 bits per heavy atom. The highest BCUT2D eigenvalue weighted by Crippen LogP contribution is 2.70. The summed E-state index contributed by atoms with van der Waals surface area (Å²) in [5, 5.41) is 1.04. The van der Waals surface area contributed by atoms with Crippen LogP contribution in [0, 0.1) is 35.4 Å². The maximum atomic E-state index is 14.8. The van der Waals surface area contributed by atoms with E-state index in [0.29, 0.717) is 17.3 Å². The van der Waals surface area contributed by atoms with Gasteiger partial charge in [-0.1, -0.05) is 88.5 Å². The van der Waals surface area contributed by atoms with E-state index < -0.39 is 0 Å². The standard InChI is InChI=1S/C32H40ClF/c1-20(2)21-10-8-16-32(18-26(21)32)25-13-7-12-24(29(25)33)30(3,4)22-14-9-17-31(19-27(22)31)23-11-5-6-15-28(23)34/h5-7,11-13,15,20-22,26-27H,8-10,14,16-19H2,1-4H3/t21-,22+,26?,27?,31-,32-/m0/s1. The van der Waals surface area contributed by atoms with Crippen LogP contribution >= 0.6 is 11.6 Å². The highest BCUT2D eigenvalue weighted by molar-refractivity contribution is 6.32. The summed E-state index contributed by atoms with van der Waals surface area (Å²) in [4.78, 5) is 0. The van der Waals surface area contributed by atoms with E-state index in [2.05, 4.69) is 45.9 Å². The maximum Gasteiger partial charge on any atom is 0.126 e. The van der Waals surface area contributed by atoms with Crippen molar-refractivity contribution in [3.05, 3.63) is 70.0 Å². The first-order valence-corrected chi connectivity index (χ1v) is 14.1. The van der Waals surface area contributed by atoms with Gasteiger partial charge in [-0.05, 0) is 96.3 Å². The summed E-state index contributed by atoms with van der Waals surface area (Å²) in [5.41, 5.74) is 4.07. The monoisotopic (exact) mass is 478 g/mol. The molecule has 4 aliphatic carbocycles. The van der Waals surface area contributed by atoms with Crippen LogP contribution in [0.2, 0.25) is 5.02 Å². The fraction of sp³-hybridized carbons (Fsp3) is 0.625. The van der Waals surface area contributed by atoms with Gasteiger partial charge in [0.05, 0.1) is 0 Å². The molecule has 6 rings (SSSR count). The molecule has 0 amide bonds. The highest BCUT2D eigenvalue weighted by atomic mass is 35.5. The molecule has 2 aromatic rings. The van der Waals surface area contributed by atoms with Crippen molar-refractivity contribution < 1.29 is 4.39 Å². The average molecular weight is 479 g/mol. The molecule has 2 unspecified atom stereocenters. The minimum atomic E-state index is -0.0155.